The highest BCUT2D eigenvalue weighted by atomic mass is 16.3. The van der Waals surface area contributed by atoms with Gasteiger partial charge in [0.2, 0.25) is 0 Å². The third-order valence-electron chi connectivity index (χ3n) is 3.02. The van der Waals surface area contributed by atoms with Gasteiger partial charge in [-0.1, -0.05) is 30.3 Å². The molecule has 1 aromatic heterocycles. The fourth-order valence-corrected chi connectivity index (χ4v) is 1.86. The topological polar surface area (TPSA) is 66.3 Å². The number of aromatic nitrogens is 2. The SMILES string of the molecule is Cc1nc(-c2ccccc2)ncc1C(=O)N(C)CCO. The van der Waals surface area contributed by atoms with E-state index in [0.717, 1.165) is 5.56 Å². The zero-order valence-electron chi connectivity index (χ0n) is 11.6. The lowest BCUT2D eigenvalue weighted by Crippen LogP contribution is -2.30. The van der Waals surface area contributed by atoms with E-state index in [-0.39, 0.29) is 12.5 Å². The third kappa shape index (κ3) is 3.00. The van der Waals surface area contributed by atoms with Gasteiger partial charge >= 0.3 is 0 Å². The number of benzene rings is 1. The smallest absolute Gasteiger partial charge is 0.257 e. The quantitative estimate of drug-likeness (QED) is 0.915. The molecule has 1 heterocycles. The molecular weight excluding hydrogens is 254 g/mol. The summed E-state index contributed by atoms with van der Waals surface area (Å²) in [6, 6.07) is 9.62. The second-order valence-electron chi connectivity index (χ2n) is 4.51. The molecule has 0 unspecified atom stereocenters. The number of nitrogens with zero attached hydrogens (tertiary/aromatic N) is 3. The Balaban J connectivity index is 2.29. The van der Waals surface area contributed by atoms with Crippen molar-refractivity contribution in [3.05, 3.63) is 47.8 Å². The molecule has 0 fully saturated rings. The first-order chi connectivity index (χ1) is 9.63. The molecule has 0 aliphatic carbocycles. The van der Waals surface area contributed by atoms with Crippen LogP contribution in [0.2, 0.25) is 0 Å². The highest BCUT2D eigenvalue weighted by Crippen LogP contribution is 2.16. The van der Waals surface area contributed by atoms with Crippen LogP contribution in [-0.4, -0.2) is 46.1 Å². The van der Waals surface area contributed by atoms with Gasteiger partial charge in [-0.25, -0.2) is 9.97 Å². The van der Waals surface area contributed by atoms with E-state index in [1.165, 1.54) is 4.90 Å². The van der Waals surface area contributed by atoms with Crippen LogP contribution in [0.1, 0.15) is 16.1 Å². The van der Waals surface area contributed by atoms with Gasteiger partial charge in [0.25, 0.3) is 5.91 Å². The number of rotatable bonds is 4. The third-order valence-corrected chi connectivity index (χ3v) is 3.02. The molecule has 104 valence electrons. The summed E-state index contributed by atoms with van der Waals surface area (Å²) in [5, 5.41) is 8.87. The molecule has 1 amide bonds. The van der Waals surface area contributed by atoms with Gasteiger partial charge in [0.1, 0.15) is 0 Å². The van der Waals surface area contributed by atoms with Crippen molar-refractivity contribution in [3.8, 4) is 11.4 Å². The maximum atomic E-state index is 12.1. The van der Waals surface area contributed by atoms with Crippen LogP contribution in [0.15, 0.2) is 36.5 Å². The van der Waals surface area contributed by atoms with Gasteiger partial charge in [0.15, 0.2) is 5.82 Å². The van der Waals surface area contributed by atoms with Crippen LogP contribution in [0.3, 0.4) is 0 Å². The number of carbonyl (C=O) groups is 1. The van der Waals surface area contributed by atoms with Crippen molar-refractivity contribution in [2.24, 2.45) is 0 Å². The number of aliphatic hydroxyl groups is 1. The van der Waals surface area contributed by atoms with Gasteiger partial charge in [-0.05, 0) is 6.92 Å². The molecule has 0 aliphatic rings. The molecule has 0 spiro atoms. The predicted molar refractivity (Wildman–Crippen MR) is 76.3 cm³/mol. The van der Waals surface area contributed by atoms with Crippen LogP contribution in [0.4, 0.5) is 0 Å². The second-order valence-corrected chi connectivity index (χ2v) is 4.51. The minimum absolute atomic E-state index is 0.0652. The second kappa shape index (κ2) is 6.25. The average Bonchev–Trinajstić information content (AvgIpc) is 2.47. The molecule has 1 N–H and O–H groups in total. The maximum absolute atomic E-state index is 12.1. The molecule has 0 saturated carbocycles. The molecule has 2 aromatic rings. The molecule has 5 nitrogen and oxygen atoms in total. The van der Waals surface area contributed by atoms with E-state index in [4.69, 9.17) is 5.11 Å². The van der Waals surface area contributed by atoms with Gasteiger partial charge in [0, 0.05) is 25.4 Å². The molecule has 5 heteroatoms. The molecule has 0 bridgehead atoms. The number of aliphatic hydroxyl groups excluding tert-OH is 1. The molecular formula is C15H17N3O2. The number of hydrogen-bond acceptors (Lipinski definition) is 4. The zero-order valence-corrected chi connectivity index (χ0v) is 11.6. The Bertz CT molecular complexity index is 599. The van der Waals surface area contributed by atoms with Crippen molar-refractivity contribution >= 4 is 5.91 Å². The number of aryl methyl sites for hydroxylation is 1. The lowest BCUT2D eigenvalue weighted by atomic mass is 10.1. The Morgan fingerprint density at radius 3 is 2.60 bits per heavy atom. The van der Waals surface area contributed by atoms with E-state index in [0.29, 0.717) is 23.6 Å². The van der Waals surface area contributed by atoms with Crippen molar-refractivity contribution in [1.82, 2.24) is 14.9 Å². The lowest BCUT2D eigenvalue weighted by molar-refractivity contribution is 0.0765. The number of amides is 1. The van der Waals surface area contributed by atoms with Crippen LogP contribution in [0, 0.1) is 6.92 Å². The fraction of sp³-hybridized carbons (Fsp3) is 0.267. The fourth-order valence-electron chi connectivity index (χ4n) is 1.86. The molecule has 0 atom stereocenters. The van der Waals surface area contributed by atoms with E-state index >= 15 is 0 Å². The largest absolute Gasteiger partial charge is 0.395 e. The Kier molecular flexibility index (Phi) is 4.42. The maximum Gasteiger partial charge on any atom is 0.257 e. The van der Waals surface area contributed by atoms with Crippen molar-refractivity contribution in [3.63, 3.8) is 0 Å². The van der Waals surface area contributed by atoms with Crippen molar-refractivity contribution in [2.75, 3.05) is 20.2 Å². The van der Waals surface area contributed by atoms with Gasteiger partial charge in [-0.2, -0.15) is 0 Å². The van der Waals surface area contributed by atoms with Crippen molar-refractivity contribution in [2.45, 2.75) is 6.92 Å². The molecule has 0 aliphatic heterocycles. The first-order valence-corrected chi connectivity index (χ1v) is 6.39. The zero-order chi connectivity index (χ0) is 14.5. The molecule has 20 heavy (non-hydrogen) atoms. The van der Waals surface area contributed by atoms with Gasteiger partial charge in [-0.3, -0.25) is 4.79 Å². The van der Waals surface area contributed by atoms with Crippen LogP contribution >= 0.6 is 0 Å². The minimum Gasteiger partial charge on any atom is -0.395 e. The first kappa shape index (κ1) is 14.1. The lowest BCUT2D eigenvalue weighted by Gasteiger charge is -2.16. The Morgan fingerprint density at radius 1 is 1.30 bits per heavy atom. The summed E-state index contributed by atoms with van der Waals surface area (Å²) in [6.07, 6.45) is 1.54. The summed E-state index contributed by atoms with van der Waals surface area (Å²) < 4.78 is 0. The van der Waals surface area contributed by atoms with Crippen LogP contribution in [0.5, 0.6) is 0 Å². The monoisotopic (exact) mass is 271 g/mol. The summed E-state index contributed by atoms with van der Waals surface area (Å²) in [7, 11) is 1.64. The van der Waals surface area contributed by atoms with Crippen molar-refractivity contribution < 1.29 is 9.90 Å². The highest BCUT2D eigenvalue weighted by Gasteiger charge is 2.16. The van der Waals surface area contributed by atoms with Gasteiger partial charge < -0.3 is 10.0 Å². The standard InChI is InChI=1S/C15H17N3O2/c1-11-13(15(20)18(2)8-9-19)10-16-14(17-11)12-6-4-3-5-7-12/h3-7,10,19H,8-9H2,1-2H3. The Hall–Kier alpha value is -2.27. The summed E-state index contributed by atoms with van der Waals surface area (Å²) in [6.45, 7) is 2.01. The number of hydrogen-bond donors (Lipinski definition) is 1. The van der Waals surface area contributed by atoms with E-state index in [2.05, 4.69) is 9.97 Å². The normalized spacial score (nSPS) is 10.3. The molecule has 2 rings (SSSR count). The van der Waals surface area contributed by atoms with Crippen molar-refractivity contribution in [1.29, 1.82) is 0 Å². The molecule has 0 saturated heterocycles. The van der Waals surface area contributed by atoms with E-state index in [9.17, 15) is 4.79 Å². The summed E-state index contributed by atoms with van der Waals surface area (Å²) >= 11 is 0. The summed E-state index contributed by atoms with van der Waals surface area (Å²) in [4.78, 5) is 22.2. The molecule has 0 radical (unpaired) electrons. The van der Waals surface area contributed by atoms with E-state index < -0.39 is 0 Å². The van der Waals surface area contributed by atoms with Gasteiger partial charge in [0.05, 0.1) is 17.9 Å². The van der Waals surface area contributed by atoms with E-state index in [1.54, 1.807) is 20.2 Å². The Labute approximate surface area is 117 Å². The first-order valence-electron chi connectivity index (χ1n) is 6.39. The summed E-state index contributed by atoms with van der Waals surface area (Å²) in [5.74, 6) is 0.417. The molecule has 1 aromatic carbocycles. The summed E-state index contributed by atoms with van der Waals surface area (Å²) in [5.41, 5.74) is 2.01. The number of carbonyl (C=O) groups excluding carboxylic acids is 1. The minimum atomic E-state index is -0.184. The predicted octanol–water partition coefficient (Wildman–Crippen LogP) is 1.52. The Morgan fingerprint density at radius 2 is 2.00 bits per heavy atom. The highest BCUT2D eigenvalue weighted by molar-refractivity contribution is 5.94. The van der Waals surface area contributed by atoms with E-state index in [1.807, 2.05) is 30.3 Å². The average molecular weight is 271 g/mol. The van der Waals surface area contributed by atoms with Crippen LogP contribution < -0.4 is 0 Å². The van der Waals surface area contributed by atoms with Crippen LogP contribution in [0.25, 0.3) is 11.4 Å². The van der Waals surface area contributed by atoms with Crippen LogP contribution in [-0.2, 0) is 0 Å². The van der Waals surface area contributed by atoms with Gasteiger partial charge in [-0.15, -0.1) is 0 Å². The number of likely N-dealkylation sites (N-methyl/N-ethyl adjacent to an activating group) is 1.